The molecule has 1 aliphatic heterocycles. The molecule has 2 aliphatic rings. The Morgan fingerprint density at radius 3 is 2.59 bits per heavy atom. The molecule has 118 valence electrons. The Bertz CT molecular complexity index is 598. The molecule has 0 radical (unpaired) electrons. The third-order valence-electron chi connectivity index (χ3n) is 4.53. The van der Waals surface area contributed by atoms with Crippen LogP contribution in [0.3, 0.4) is 0 Å². The molecule has 1 aromatic carbocycles. The van der Waals surface area contributed by atoms with Crippen LogP contribution in [0, 0.1) is 17.7 Å². The predicted molar refractivity (Wildman–Crippen MR) is 75.5 cm³/mol. The van der Waals surface area contributed by atoms with Crippen molar-refractivity contribution in [3.63, 3.8) is 0 Å². The van der Waals surface area contributed by atoms with Gasteiger partial charge in [-0.25, -0.2) is 4.39 Å². The molecule has 6 heteroatoms. The molecule has 1 aliphatic carbocycles. The number of benzene rings is 1. The zero-order valence-electron chi connectivity index (χ0n) is 12.0. The molecule has 1 saturated heterocycles. The van der Waals surface area contributed by atoms with Gasteiger partial charge in [-0.15, -0.1) is 0 Å². The van der Waals surface area contributed by atoms with Crippen molar-refractivity contribution < 1.29 is 23.8 Å². The van der Waals surface area contributed by atoms with Crippen molar-refractivity contribution in [2.24, 2.45) is 11.8 Å². The molecule has 2 atom stereocenters. The molecule has 0 aromatic heterocycles. The molecule has 0 unspecified atom stereocenters. The van der Waals surface area contributed by atoms with Gasteiger partial charge in [-0.05, 0) is 37.0 Å². The summed E-state index contributed by atoms with van der Waals surface area (Å²) < 4.78 is 18.9. The van der Waals surface area contributed by atoms with Gasteiger partial charge in [0.2, 0.25) is 5.91 Å². The molecule has 1 amide bonds. The first-order valence-corrected chi connectivity index (χ1v) is 7.40. The lowest BCUT2D eigenvalue weighted by molar-refractivity contribution is -0.140. The number of hydrogen-bond donors (Lipinski definition) is 2. The van der Waals surface area contributed by atoms with Crippen LogP contribution in [-0.2, 0) is 19.9 Å². The fourth-order valence-corrected chi connectivity index (χ4v) is 3.08. The number of nitrogens with one attached hydrogen (secondary N) is 1. The minimum absolute atomic E-state index is 0.265. The van der Waals surface area contributed by atoms with E-state index in [4.69, 9.17) is 9.84 Å². The third-order valence-corrected chi connectivity index (χ3v) is 4.53. The molecule has 22 heavy (non-hydrogen) atoms. The molecule has 1 heterocycles. The fraction of sp³-hybridized carbons (Fsp3) is 0.500. The lowest BCUT2D eigenvalue weighted by Crippen LogP contribution is -2.50. The van der Waals surface area contributed by atoms with Gasteiger partial charge >= 0.3 is 5.97 Å². The van der Waals surface area contributed by atoms with E-state index in [1.165, 1.54) is 12.1 Å². The Balaban J connectivity index is 1.81. The van der Waals surface area contributed by atoms with Crippen molar-refractivity contribution in [1.29, 1.82) is 0 Å². The number of amides is 1. The second kappa shape index (κ2) is 5.68. The number of halogens is 1. The van der Waals surface area contributed by atoms with E-state index in [9.17, 15) is 14.0 Å². The molecule has 0 spiro atoms. The average Bonchev–Trinajstić information content (AvgIpc) is 3.29. The number of carboxylic acid groups (broad SMARTS) is 1. The first-order valence-electron chi connectivity index (χ1n) is 7.40. The van der Waals surface area contributed by atoms with Crippen LogP contribution >= 0.6 is 0 Å². The lowest BCUT2D eigenvalue weighted by Gasteiger charge is -2.38. The number of carbonyl (C=O) groups is 2. The Morgan fingerprint density at radius 2 is 2.00 bits per heavy atom. The summed E-state index contributed by atoms with van der Waals surface area (Å²) in [5.41, 5.74) is 0.0278. The Kier molecular flexibility index (Phi) is 3.87. The fourth-order valence-electron chi connectivity index (χ4n) is 3.08. The Morgan fingerprint density at radius 1 is 1.27 bits per heavy atom. The van der Waals surface area contributed by atoms with Crippen LogP contribution in [0.25, 0.3) is 0 Å². The van der Waals surface area contributed by atoms with E-state index in [1.807, 2.05) is 0 Å². The summed E-state index contributed by atoms with van der Waals surface area (Å²) in [5, 5.41) is 11.9. The highest BCUT2D eigenvalue weighted by Gasteiger charge is 2.50. The minimum Gasteiger partial charge on any atom is -0.481 e. The highest BCUT2D eigenvalue weighted by atomic mass is 19.1. The topological polar surface area (TPSA) is 75.6 Å². The van der Waals surface area contributed by atoms with Gasteiger partial charge in [-0.3, -0.25) is 9.59 Å². The van der Waals surface area contributed by atoms with Crippen molar-refractivity contribution in [3.05, 3.63) is 35.6 Å². The first kappa shape index (κ1) is 15.0. The first-order chi connectivity index (χ1) is 10.5. The van der Waals surface area contributed by atoms with Gasteiger partial charge in [-0.1, -0.05) is 12.1 Å². The summed E-state index contributed by atoms with van der Waals surface area (Å²) in [6.07, 6.45) is 1.47. The maximum absolute atomic E-state index is 13.5. The smallest absolute Gasteiger partial charge is 0.307 e. The largest absolute Gasteiger partial charge is 0.481 e. The second-order valence-corrected chi connectivity index (χ2v) is 5.98. The van der Waals surface area contributed by atoms with Gasteiger partial charge in [0.15, 0.2) is 0 Å². The maximum Gasteiger partial charge on any atom is 0.307 e. The zero-order chi connectivity index (χ0) is 15.7. The van der Waals surface area contributed by atoms with Crippen LogP contribution in [0.2, 0.25) is 0 Å². The molecule has 1 saturated carbocycles. The second-order valence-electron chi connectivity index (χ2n) is 5.98. The van der Waals surface area contributed by atoms with Gasteiger partial charge in [0.1, 0.15) is 5.82 Å². The minimum atomic E-state index is -0.938. The lowest BCUT2D eigenvalue weighted by atomic mass is 9.82. The number of carboxylic acids is 1. The van der Waals surface area contributed by atoms with Crippen LogP contribution in [0.4, 0.5) is 4.39 Å². The predicted octanol–water partition coefficient (Wildman–Crippen LogP) is 1.67. The summed E-state index contributed by atoms with van der Waals surface area (Å²) in [6, 6.07) is 6.19. The van der Waals surface area contributed by atoms with Crippen LogP contribution in [-0.4, -0.2) is 30.2 Å². The molecule has 2 N–H and O–H groups in total. The highest BCUT2D eigenvalue weighted by Crippen LogP contribution is 2.41. The quantitative estimate of drug-likeness (QED) is 0.887. The monoisotopic (exact) mass is 307 g/mol. The van der Waals surface area contributed by atoms with Crippen molar-refractivity contribution >= 4 is 11.9 Å². The SMILES string of the molecule is O=C(NC1(c2cccc(F)c2)CCOCC1)[C@H]1C[C@H]1C(=O)O. The van der Waals surface area contributed by atoms with Crippen LogP contribution in [0.5, 0.6) is 0 Å². The summed E-state index contributed by atoms with van der Waals surface area (Å²) >= 11 is 0. The van der Waals surface area contributed by atoms with E-state index >= 15 is 0 Å². The Labute approximate surface area is 127 Å². The van der Waals surface area contributed by atoms with E-state index in [-0.39, 0.29) is 11.7 Å². The van der Waals surface area contributed by atoms with Crippen LogP contribution in [0.15, 0.2) is 24.3 Å². The third kappa shape index (κ3) is 2.83. The van der Waals surface area contributed by atoms with Gasteiger partial charge < -0.3 is 15.2 Å². The number of rotatable bonds is 4. The molecule has 3 rings (SSSR count). The van der Waals surface area contributed by atoms with Crippen LogP contribution in [0.1, 0.15) is 24.8 Å². The number of hydrogen-bond acceptors (Lipinski definition) is 3. The van der Waals surface area contributed by atoms with Crippen molar-refractivity contribution in [2.75, 3.05) is 13.2 Å². The van der Waals surface area contributed by atoms with Gasteiger partial charge in [-0.2, -0.15) is 0 Å². The molecule has 0 bridgehead atoms. The normalized spacial score (nSPS) is 26.2. The van der Waals surface area contributed by atoms with E-state index in [1.54, 1.807) is 12.1 Å². The molecular weight excluding hydrogens is 289 g/mol. The summed E-state index contributed by atoms with van der Waals surface area (Å²) in [6.45, 7) is 0.952. The maximum atomic E-state index is 13.5. The van der Waals surface area contributed by atoms with Crippen molar-refractivity contribution in [2.45, 2.75) is 24.8 Å². The number of carbonyl (C=O) groups excluding carboxylic acids is 1. The summed E-state index contributed by atoms with van der Waals surface area (Å²) in [4.78, 5) is 23.3. The van der Waals surface area contributed by atoms with Crippen LogP contribution < -0.4 is 5.32 Å². The molecule has 2 fully saturated rings. The van der Waals surface area contributed by atoms with Gasteiger partial charge in [0, 0.05) is 13.2 Å². The zero-order valence-corrected chi connectivity index (χ0v) is 12.0. The van der Waals surface area contributed by atoms with Crippen molar-refractivity contribution in [1.82, 2.24) is 5.32 Å². The molecular formula is C16H18FNO4. The van der Waals surface area contributed by atoms with Gasteiger partial charge in [0.05, 0.1) is 17.4 Å². The summed E-state index contributed by atoms with van der Waals surface area (Å²) in [5.74, 6) is -2.63. The van der Waals surface area contributed by atoms with E-state index in [2.05, 4.69) is 5.32 Å². The Hall–Kier alpha value is -1.95. The summed E-state index contributed by atoms with van der Waals surface area (Å²) in [7, 11) is 0. The van der Waals surface area contributed by atoms with E-state index in [0.29, 0.717) is 38.0 Å². The molecule has 5 nitrogen and oxygen atoms in total. The van der Waals surface area contributed by atoms with E-state index < -0.39 is 23.3 Å². The highest BCUT2D eigenvalue weighted by molar-refractivity contribution is 5.90. The average molecular weight is 307 g/mol. The standard InChI is InChI=1S/C16H18FNO4/c17-11-3-1-2-10(8-11)16(4-6-22-7-5-16)18-14(19)12-9-13(12)15(20)21/h1-3,8,12-13H,4-7,9H2,(H,18,19)(H,20,21)/t12-,13+/m0/s1. The molecule has 1 aromatic rings. The van der Waals surface area contributed by atoms with Gasteiger partial charge in [0.25, 0.3) is 0 Å². The van der Waals surface area contributed by atoms with Crippen molar-refractivity contribution in [3.8, 4) is 0 Å². The number of aliphatic carboxylic acids is 1. The number of ether oxygens (including phenoxy) is 1. The van der Waals surface area contributed by atoms with E-state index in [0.717, 1.165) is 0 Å².